The Kier molecular flexibility index (Phi) is 3.52. The van der Waals surface area contributed by atoms with Gasteiger partial charge in [0.25, 0.3) is 0 Å². The fraction of sp³-hybridized carbons (Fsp3) is 0.154. The SMILES string of the molecule is Cc1cncc(COc2cccnc2C(=O)O)c1. The number of carboxylic acid groups (broad SMARTS) is 1. The summed E-state index contributed by atoms with van der Waals surface area (Å²) in [5.41, 5.74) is 1.83. The number of aromatic carboxylic acids is 1. The molecule has 5 heteroatoms. The van der Waals surface area contributed by atoms with Gasteiger partial charge in [-0.2, -0.15) is 0 Å². The molecule has 0 saturated carbocycles. The fourth-order valence-corrected chi connectivity index (χ4v) is 1.53. The van der Waals surface area contributed by atoms with E-state index < -0.39 is 5.97 Å². The molecule has 0 aliphatic carbocycles. The van der Waals surface area contributed by atoms with E-state index in [9.17, 15) is 4.79 Å². The Morgan fingerprint density at radius 2 is 2.28 bits per heavy atom. The number of hydrogen-bond donors (Lipinski definition) is 1. The first-order chi connectivity index (χ1) is 8.66. The third-order valence-corrected chi connectivity index (χ3v) is 2.30. The van der Waals surface area contributed by atoms with E-state index in [1.807, 2.05) is 13.0 Å². The van der Waals surface area contributed by atoms with Crippen LogP contribution >= 0.6 is 0 Å². The van der Waals surface area contributed by atoms with Gasteiger partial charge in [0.2, 0.25) is 0 Å². The summed E-state index contributed by atoms with van der Waals surface area (Å²) >= 11 is 0. The van der Waals surface area contributed by atoms with Gasteiger partial charge in [-0.05, 0) is 30.7 Å². The topological polar surface area (TPSA) is 72.3 Å². The van der Waals surface area contributed by atoms with Crippen LogP contribution in [-0.2, 0) is 6.61 Å². The zero-order valence-electron chi connectivity index (χ0n) is 9.83. The van der Waals surface area contributed by atoms with E-state index in [1.165, 1.54) is 6.20 Å². The predicted octanol–water partition coefficient (Wildman–Crippen LogP) is 2.06. The quantitative estimate of drug-likeness (QED) is 0.891. The highest BCUT2D eigenvalue weighted by Gasteiger charge is 2.12. The van der Waals surface area contributed by atoms with Crippen LogP contribution in [0, 0.1) is 6.92 Å². The van der Waals surface area contributed by atoms with Crippen molar-refractivity contribution in [1.82, 2.24) is 9.97 Å². The fourth-order valence-electron chi connectivity index (χ4n) is 1.53. The minimum atomic E-state index is -1.10. The molecular formula is C13H12N2O3. The molecule has 0 amide bonds. The second kappa shape index (κ2) is 5.27. The van der Waals surface area contributed by atoms with Crippen molar-refractivity contribution in [2.45, 2.75) is 13.5 Å². The lowest BCUT2D eigenvalue weighted by atomic mass is 10.2. The van der Waals surface area contributed by atoms with Crippen molar-refractivity contribution >= 4 is 5.97 Å². The largest absolute Gasteiger partial charge is 0.486 e. The van der Waals surface area contributed by atoms with Gasteiger partial charge >= 0.3 is 5.97 Å². The number of carboxylic acids is 1. The van der Waals surface area contributed by atoms with Crippen LogP contribution in [0.5, 0.6) is 5.75 Å². The molecule has 0 atom stereocenters. The predicted molar refractivity (Wildman–Crippen MR) is 64.5 cm³/mol. The highest BCUT2D eigenvalue weighted by atomic mass is 16.5. The van der Waals surface area contributed by atoms with Gasteiger partial charge in [0.05, 0.1) is 0 Å². The molecule has 0 radical (unpaired) electrons. The number of aromatic nitrogens is 2. The standard InChI is InChI=1S/C13H12N2O3/c1-9-5-10(7-14-6-9)8-18-11-3-2-4-15-12(11)13(16)17/h2-7H,8H2,1H3,(H,16,17). The summed E-state index contributed by atoms with van der Waals surface area (Å²) in [6, 6.07) is 5.15. The third-order valence-electron chi connectivity index (χ3n) is 2.30. The molecule has 0 aliphatic heterocycles. The summed E-state index contributed by atoms with van der Waals surface area (Å²) in [5, 5.41) is 8.95. The van der Waals surface area contributed by atoms with Gasteiger partial charge < -0.3 is 9.84 Å². The molecule has 18 heavy (non-hydrogen) atoms. The zero-order chi connectivity index (χ0) is 13.0. The van der Waals surface area contributed by atoms with Crippen molar-refractivity contribution in [3.8, 4) is 5.75 Å². The van der Waals surface area contributed by atoms with Crippen molar-refractivity contribution in [2.24, 2.45) is 0 Å². The molecule has 2 aromatic heterocycles. The molecule has 92 valence electrons. The van der Waals surface area contributed by atoms with Crippen LogP contribution in [0.15, 0.2) is 36.8 Å². The summed E-state index contributed by atoms with van der Waals surface area (Å²) < 4.78 is 5.46. The minimum absolute atomic E-state index is 0.0851. The molecule has 0 spiro atoms. The highest BCUT2D eigenvalue weighted by molar-refractivity contribution is 5.88. The Morgan fingerprint density at radius 1 is 1.44 bits per heavy atom. The van der Waals surface area contributed by atoms with Crippen LogP contribution in [-0.4, -0.2) is 21.0 Å². The van der Waals surface area contributed by atoms with Gasteiger partial charge in [-0.15, -0.1) is 0 Å². The lowest BCUT2D eigenvalue weighted by molar-refractivity contribution is 0.0685. The van der Waals surface area contributed by atoms with Gasteiger partial charge in [-0.3, -0.25) is 4.98 Å². The number of rotatable bonds is 4. The van der Waals surface area contributed by atoms with Gasteiger partial charge in [-0.1, -0.05) is 0 Å². The second-order valence-corrected chi connectivity index (χ2v) is 3.81. The van der Waals surface area contributed by atoms with E-state index in [0.29, 0.717) is 0 Å². The molecule has 2 rings (SSSR count). The maximum Gasteiger partial charge on any atom is 0.358 e. The third kappa shape index (κ3) is 2.82. The lowest BCUT2D eigenvalue weighted by Crippen LogP contribution is -2.05. The molecule has 0 saturated heterocycles. The lowest BCUT2D eigenvalue weighted by Gasteiger charge is -2.08. The molecule has 2 heterocycles. The first-order valence-corrected chi connectivity index (χ1v) is 5.38. The molecule has 0 fully saturated rings. The Bertz CT molecular complexity index is 570. The summed E-state index contributed by atoms with van der Waals surface area (Å²) in [5.74, 6) is -0.848. The second-order valence-electron chi connectivity index (χ2n) is 3.81. The monoisotopic (exact) mass is 244 g/mol. The van der Waals surface area contributed by atoms with Gasteiger partial charge in [0.15, 0.2) is 11.4 Å². The van der Waals surface area contributed by atoms with Crippen molar-refractivity contribution in [3.63, 3.8) is 0 Å². The molecule has 1 N–H and O–H groups in total. The van der Waals surface area contributed by atoms with Crippen molar-refractivity contribution in [3.05, 3.63) is 53.6 Å². The van der Waals surface area contributed by atoms with Crippen LogP contribution in [0.2, 0.25) is 0 Å². The van der Waals surface area contributed by atoms with Crippen LogP contribution in [0.1, 0.15) is 21.6 Å². The number of nitrogens with zero attached hydrogens (tertiary/aromatic N) is 2. The van der Waals surface area contributed by atoms with E-state index in [2.05, 4.69) is 9.97 Å². The maximum atomic E-state index is 10.9. The zero-order valence-corrected chi connectivity index (χ0v) is 9.83. The summed E-state index contributed by atoms with van der Waals surface area (Å²) in [7, 11) is 0. The summed E-state index contributed by atoms with van der Waals surface area (Å²) in [6.07, 6.45) is 4.85. The van der Waals surface area contributed by atoms with Gasteiger partial charge in [0, 0.05) is 24.2 Å². The van der Waals surface area contributed by atoms with E-state index in [0.717, 1.165) is 11.1 Å². The average molecular weight is 244 g/mol. The minimum Gasteiger partial charge on any atom is -0.486 e. The van der Waals surface area contributed by atoms with Crippen molar-refractivity contribution in [1.29, 1.82) is 0 Å². The Morgan fingerprint density at radius 3 is 3.00 bits per heavy atom. The Hall–Kier alpha value is -2.43. The van der Waals surface area contributed by atoms with Crippen LogP contribution in [0.4, 0.5) is 0 Å². The van der Waals surface area contributed by atoms with E-state index in [4.69, 9.17) is 9.84 Å². The summed E-state index contributed by atoms with van der Waals surface area (Å²) in [6.45, 7) is 2.20. The summed E-state index contributed by atoms with van der Waals surface area (Å²) in [4.78, 5) is 18.7. The molecule has 0 unspecified atom stereocenters. The first kappa shape index (κ1) is 12.0. The molecule has 5 nitrogen and oxygen atoms in total. The molecule has 2 aromatic rings. The number of pyridine rings is 2. The van der Waals surface area contributed by atoms with Crippen LogP contribution in [0.25, 0.3) is 0 Å². The molecule has 0 bridgehead atoms. The van der Waals surface area contributed by atoms with E-state index in [-0.39, 0.29) is 18.1 Å². The van der Waals surface area contributed by atoms with E-state index in [1.54, 1.807) is 24.5 Å². The maximum absolute atomic E-state index is 10.9. The number of carbonyl (C=O) groups is 1. The highest BCUT2D eigenvalue weighted by Crippen LogP contribution is 2.16. The average Bonchev–Trinajstić information content (AvgIpc) is 2.37. The Labute approximate surface area is 104 Å². The number of aryl methyl sites for hydroxylation is 1. The van der Waals surface area contributed by atoms with Crippen molar-refractivity contribution < 1.29 is 14.6 Å². The smallest absolute Gasteiger partial charge is 0.358 e. The van der Waals surface area contributed by atoms with Crippen LogP contribution in [0.3, 0.4) is 0 Å². The number of ether oxygens (including phenoxy) is 1. The van der Waals surface area contributed by atoms with Crippen LogP contribution < -0.4 is 4.74 Å². The molecule has 0 aromatic carbocycles. The number of hydrogen-bond acceptors (Lipinski definition) is 4. The molecular weight excluding hydrogens is 232 g/mol. The molecule has 0 aliphatic rings. The van der Waals surface area contributed by atoms with Crippen molar-refractivity contribution in [2.75, 3.05) is 0 Å². The first-order valence-electron chi connectivity index (χ1n) is 5.38. The normalized spacial score (nSPS) is 10.1. The van der Waals surface area contributed by atoms with Gasteiger partial charge in [0.1, 0.15) is 6.61 Å². The Balaban J connectivity index is 2.13. The van der Waals surface area contributed by atoms with Gasteiger partial charge in [-0.25, -0.2) is 9.78 Å². The van der Waals surface area contributed by atoms with E-state index >= 15 is 0 Å².